The molecular formula is C24H31N5O3S. The van der Waals surface area contributed by atoms with Crippen LogP contribution in [0, 0.1) is 13.8 Å². The molecule has 1 aliphatic rings. The van der Waals surface area contributed by atoms with Gasteiger partial charge in [-0.1, -0.05) is 29.8 Å². The number of nitrogens with zero attached hydrogens (tertiary/aromatic N) is 4. The molecule has 176 valence electrons. The Kier molecular flexibility index (Phi) is 6.54. The van der Waals surface area contributed by atoms with Crippen molar-refractivity contribution in [3.8, 4) is 11.3 Å². The monoisotopic (exact) mass is 469 g/mol. The average Bonchev–Trinajstić information content (AvgIpc) is 3.29. The summed E-state index contributed by atoms with van der Waals surface area (Å²) in [6.07, 6.45) is 1.34. The van der Waals surface area contributed by atoms with Crippen molar-refractivity contribution in [1.82, 2.24) is 25.0 Å². The van der Waals surface area contributed by atoms with Gasteiger partial charge < -0.3 is 10.2 Å². The number of benzene rings is 1. The van der Waals surface area contributed by atoms with Gasteiger partial charge in [-0.05, 0) is 53.4 Å². The van der Waals surface area contributed by atoms with Gasteiger partial charge in [0.25, 0.3) is 5.91 Å². The lowest BCUT2D eigenvalue weighted by molar-refractivity contribution is 0.0954. The first-order chi connectivity index (χ1) is 15.6. The third kappa shape index (κ3) is 5.09. The number of fused-ring (bicyclic) bond motifs is 1. The van der Waals surface area contributed by atoms with Gasteiger partial charge in [-0.2, -0.15) is 5.10 Å². The summed E-state index contributed by atoms with van der Waals surface area (Å²) in [7, 11) is 0.916. The predicted octanol–water partition coefficient (Wildman–Crippen LogP) is 2.76. The van der Waals surface area contributed by atoms with Crippen LogP contribution in [0.2, 0.25) is 0 Å². The van der Waals surface area contributed by atoms with E-state index in [-0.39, 0.29) is 23.5 Å². The van der Waals surface area contributed by atoms with Crippen molar-refractivity contribution in [3.05, 3.63) is 47.2 Å². The number of pyridine rings is 1. The van der Waals surface area contributed by atoms with Crippen LogP contribution in [-0.2, 0) is 9.84 Å². The molecule has 0 bridgehead atoms. The maximum absolute atomic E-state index is 13.2. The maximum atomic E-state index is 13.2. The highest BCUT2D eigenvalue weighted by Crippen LogP contribution is 2.32. The molecule has 1 N–H and O–H groups in total. The molecule has 3 aromatic rings. The number of aryl methyl sites for hydroxylation is 2. The molecule has 33 heavy (non-hydrogen) atoms. The number of aromatic nitrogens is 3. The summed E-state index contributed by atoms with van der Waals surface area (Å²) >= 11 is 0. The van der Waals surface area contributed by atoms with Crippen LogP contribution in [0.4, 0.5) is 0 Å². The molecular weight excluding hydrogens is 438 g/mol. The van der Waals surface area contributed by atoms with Crippen molar-refractivity contribution in [2.75, 3.05) is 38.7 Å². The van der Waals surface area contributed by atoms with E-state index < -0.39 is 9.84 Å². The molecule has 1 aliphatic heterocycles. The number of hydrogen-bond donors (Lipinski definition) is 1. The molecule has 1 fully saturated rings. The Morgan fingerprint density at radius 3 is 2.58 bits per heavy atom. The van der Waals surface area contributed by atoms with Crippen LogP contribution < -0.4 is 5.32 Å². The van der Waals surface area contributed by atoms with E-state index in [4.69, 9.17) is 4.98 Å². The summed E-state index contributed by atoms with van der Waals surface area (Å²) in [6, 6.07) is 9.52. The lowest BCUT2D eigenvalue weighted by atomic mass is 10.0. The minimum Gasteiger partial charge on any atom is -0.352 e. The van der Waals surface area contributed by atoms with Crippen molar-refractivity contribution in [2.24, 2.45) is 0 Å². The number of carbonyl (C=O) groups excluding carboxylic acids is 1. The Morgan fingerprint density at radius 1 is 1.21 bits per heavy atom. The van der Waals surface area contributed by atoms with Crippen LogP contribution in [0.15, 0.2) is 30.3 Å². The number of amides is 1. The summed E-state index contributed by atoms with van der Waals surface area (Å²) in [5.74, 6) is 0.0249. The van der Waals surface area contributed by atoms with E-state index in [1.165, 1.54) is 0 Å². The molecule has 2 aromatic heterocycles. The SMILES string of the molecule is Cc1ccc(-c2cc(C(=O)NCCCN(C)C)c3c(C)nn(C4CCS(=O)(=O)C4)c3n2)cc1. The minimum absolute atomic E-state index is 0.0473. The fourth-order valence-electron chi connectivity index (χ4n) is 4.28. The van der Waals surface area contributed by atoms with Crippen molar-refractivity contribution < 1.29 is 13.2 Å². The first kappa shape index (κ1) is 23.4. The average molecular weight is 470 g/mol. The first-order valence-electron chi connectivity index (χ1n) is 11.2. The maximum Gasteiger partial charge on any atom is 0.252 e. The molecule has 0 spiro atoms. The van der Waals surface area contributed by atoms with Crippen LogP contribution in [0.1, 0.15) is 40.5 Å². The largest absolute Gasteiger partial charge is 0.352 e. The van der Waals surface area contributed by atoms with Gasteiger partial charge in [0, 0.05) is 12.1 Å². The Hall–Kier alpha value is -2.78. The van der Waals surface area contributed by atoms with E-state index in [9.17, 15) is 13.2 Å². The highest BCUT2D eigenvalue weighted by Gasteiger charge is 2.32. The number of rotatable bonds is 7. The third-order valence-corrected chi connectivity index (χ3v) is 7.80. The zero-order valence-electron chi connectivity index (χ0n) is 19.6. The summed E-state index contributed by atoms with van der Waals surface area (Å²) in [6.45, 7) is 5.31. The van der Waals surface area contributed by atoms with Crippen molar-refractivity contribution in [1.29, 1.82) is 0 Å². The zero-order valence-corrected chi connectivity index (χ0v) is 20.4. The molecule has 0 radical (unpaired) electrons. The Morgan fingerprint density at radius 2 is 1.94 bits per heavy atom. The first-order valence-corrected chi connectivity index (χ1v) is 13.1. The Balaban J connectivity index is 1.79. The second kappa shape index (κ2) is 9.23. The highest BCUT2D eigenvalue weighted by atomic mass is 32.2. The second-order valence-electron chi connectivity index (χ2n) is 9.12. The molecule has 1 saturated heterocycles. The van der Waals surface area contributed by atoms with E-state index in [0.717, 1.165) is 24.1 Å². The van der Waals surface area contributed by atoms with Gasteiger partial charge in [0.2, 0.25) is 0 Å². The van der Waals surface area contributed by atoms with Gasteiger partial charge in [-0.25, -0.2) is 18.1 Å². The lowest BCUT2D eigenvalue weighted by Crippen LogP contribution is -2.27. The van der Waals surface area contributed by atoms with Crippen molar-refractivity contribution >= 4 is 26.8 Å². The van der Waals surface area contributed by atoms with E-state index in [0.29, 0.717) is 41.0 Å². The van der Waals surface area contributed by atoms with Crippen LogP contribution >= 0.6 is 0 Å². The summed E-state index contributed by atoms with van der Waals surface area (Å²) in [5, 5.41) is 8.36. The lowest BCUT2D eigenvalue weighted by Gasteiger charge is -2.13. The Bertz CT molecular complexity index is 1280. The highest BCUT2D eigenvalue weighted by molar-refractivity contribution is 7.91. The third-order valence-electron chi connectivity index (χ3n) is 6.05. The Labute approximate surface area is 194 Å². The molecule has 9 heteroatoms. The van der Waals surface area contributed by atoms with Crippen LogP contribution in [0.3, 0.4) is 0 Å². The molecule has 1 unspecified atom stereocenters. The van der Waals surface area contributed by atoms with Crippen molar-refractivity contribution in [3.63, 3.8) is 0 Å². The van der Waals surface area contributed by atoms with Gasteiger partial charge in [0.05, 0.1) is 39.9 Å². The molecule has 8 nitrogen and oxygen atoms in total. The van der Waals surface area contributed by atoms with Gasteiger partial charge in [0.15, 0.2) is 15.5 Å². The van der Waals surface area contributed by atoms with E-state index >= 15 is 0 Å². The van der Waals surface area contributed by atoms with Gasteiger partial charge in [-0.15, -0.1) is 0 Å². The fourth-order valence-corrected chi connectivity index (χ4v) is 5.97. The van der Waals surface area contributed by atoms with Crippen LogP contribution in [0.25, 0.3) is 22.3 Å². The van der Waals surface area contributed by atoms with Gasteiger partial charge in [-0.3, -0.25) is 4.79 Å². The smallest absolute Gasteiger partial charge is 0.252 e. The normalized spacial score (nSPS) is 17.7. The number of hydrogen-bond acceptors (Lipinski definition) is 6. The standard InChI is InChI=1S/C24H31N5O3S/c1-16-6-8-18(9-7-16)21-14-20(24(30)25-11-5-12-28(3)4)22-17(2)27-29(23(22)26-21)19-10-13-33(31,32)15-19/h6-9,14,19H,5,10-13,15H2,1-4H3,(H,25,30). The van der Waals surface area contributed by atoms with Gasteiger partial charge in [0.1, 0.15) is 0 Å². The van der Waals surface area contributed by atoms with E-state index in [2.05, 4.69) is 15.3 Å². The number of nitrogens with one attached hydrogen (secondary N) is 1. The quantitative estimate of drug-likeness (QED) is 0.535. The van der Waals surface area contributed by atoms with Gasteiger partial charge >= 0.3 is 0 Å². The molecule has 4 rings (SSSR count). The summed E-state index contributed by atoms with van der Waals surface area (Å²) in [4.78, 5) is 20.2. The second-order valence-corrected chi connectivity index (χ2v) is 11.3. The summed E-state index contributed by atoms with van der Waals surface area (Å²) in [5.41, 5.74) is 4.46. The molecule has 1 amide bonds. The molecule has 3 heterocycles. The zero-order chi connectivity index (χ0) is 23.8. The molecule has 1 atom stereocenters. The minimum atomic E-state index is -3.09. The number of sulfone groups is 1. The topological polar surface area (TPSA) is 97.2 Å². The molecule has 1 aromatic carbocycles. The summed E-state index contributed by atoms with van der Waals surface area (Å²) < 4.78 is 26.0. The van der Waals surface area contributed by atoms with E-state index in [1.807, 2.05) is 58.3 Å². The molecule has 0 saturated carbocycles. The molecule has 0 aliphatic carbocycles. The van der Waals surface area contributed by atoms with Crippen LogP contribution in [0.5, 0.6) is 0 Å². The predicted molar refractivity (Wildman–Crippen MR) is 130 cm³/mol. The van der Waals surface area contributed by atoms with Crippen LogP contribution in [-0.4, -0.2) is 72.7 Å². The van der Waals surface area contributed by atoms with Crippen molar-refractivity contribution in [2.45, 2.75) is 32.7 Å². The van der Waals surface area contributed by atoms with E-state index in [1.54, 1.807) is 4.68 Å². The fraction of sp³-hybridized carbons (Fsp3) is 0.458. The number of carbonyl (C=O) groups is 1.